The number of hydrogen-bond acceptors (Lipinski definition) is 8. The van der Waals surface area contributed by atoms with E-state index in [1.165, 1.54) is 0 Å². The maximum absolute atomic E-state index is 10.8. The van der Waals surface area contributed by atoms with E-state index in [4.69, 9.17) is 5.84 Å². The Hall–Kier alpha value is -2.00. The zero-order valence-electron chi connectivity index (χ0n) is 10.4. The molecule has 0 spiro atoms. The number of nitro groups is 1. The lowest BCUT2D eigenvalue weighted by atomic mass is 10.4. The molecule has 0 aliphatic carbocycles. The molecule has 1 heterocycles. The van der Waals surface area contributed by atoms with Crippen LogP contribution in [0.25, 0.3) is 0 Å². The quantitative estimate of drug-likeness (QED) is 0.354. The average Bonchev–Trinajstić information content (AvgIpc) is 2.37. The van der Waals surface area contributed by atoms with E-state index in [0.29, 0.717) is 6.54 Å². The molecule has 4 N–H and O–H groups in total. The molecule has 9 heteroatoms. The summed E-state index contributed by atoms with van der Waals surface area (Å²) in [6, 6.07) is 0. The van der Waals surface area contributed by atoms with E-state index < -0.39 is 4.92 Å². The fourth-order valence-electron chi connectivity index (χ4n) is 1.23. The molecule has 1 aromatic rings. The van der Waals surface area contributed by atoms with Gasteiger partial charge in [0, 0.05) is 13.1 Å². The van der Waals surface area contributed by atoms with Crippen molar-refractivity contribution in [3.8, 4) is 0 Å². The van der Waals surface area contributed by atoms with Crippen LogP contribution in [-0.4, -0.2) is 46.5 Å². The van der Waals surface area contributed by atoms with Crippen molar-refractivity contribution < 1.29 is 4.92 Å². The summed E-state index contributed by atoms with van der Waals surface area (Å²) in [7, 11) is 1.96. The van der Waals surface area contributed by atoms with Gasteiger partial charge in [-0.05, 0) is 13.6 Å². The molecular formula is C9H17N7O2. The molecule has 0 saturated carbocycles. The molecule has 0 amide bonds. The topological polar surface area (TPSA) is 122 Å². The van der Waals surface area contributed by atoms with E-state index in [1.807, 2.05) is 14.0 Å². The Morgan fingerprint density at radius 3 is 2.89 bits per heavy atom. The van der Waals surface area contributed by atoms with Crippen LogP contribution in [0.1, 0.15) is 6.92 Å². The highest BCUT2D eigenvalue weighted by Crippen LogP contribution is 2.21. The second-order valence-corrected chi connectivity index (χ2v) is 3.65. The third-order valence-corrected chi connectivity index (χ3v) is 2.42. The summed E-state index contributed by atoms with van der Waals surface area (Å²) in [5.74, 6) is 5.45. The summed E-state index contributed by atoms with van der Waals surface area (Å²) in [4.78, 5) is 19.9. The first kappa shape index (κ1) is 14.1. The van der Waals surface area contributed by atoms with Gasteiger partial charge in [0.1, 0.15) is 6.20 Å². The molecule has 0 aliphatic rings. The molecule has 9 nitrogen and oxygen atoms in total. The van der Waals surface area contributed by atoms with Crippen LogP contribution >= 0.6 is 0 Å². The third kappa shape index (κ3) is 3.79. The molecule has 0 unspecified atom stereocenters. The lowest BCUT2D eigenvalue weighted by molar-refractivity contribution is -0.384. The molecule has 1 aromatic heterocycles. The highest BCUT2D eigenvalue weighted by Gasteiger charge is 2.16. The number of rotatable bonds is 7. The minimum Gasteiger partial charge on any atom is -0.363 e. The number of hydrazine groups is 1. The smallest absolute Gasteiger partial charge is 0.329 e. The summed E-state index contributed by atoms with van der Waals surface area (Å²) < 4.78 is 0. The van der Waals surface area contributed by atoms with E-state index in [2.05, 4.69) is 25.6 Å². The molecule has 0 fully saturated rings. The Balaban J connectivity index is 2.75. The van der Waals surface area contributed by atoms with Gasteiger partial charge in [-0.15, -0.1) is 0 Å². The van der Waals surface area contributed by atoms with E-state index in [9.17, 15) is 10.1 Å². The summed E-state index contributed by atoms with van der Waals surface area (Å²) in [5, 5.41) is 13.7. The van der Waals surface area contributed by atoms with Crippen molar-refractivity contribution in [1.29, 1.82) is 0 Å². The number of hydrogen-bond donors (Lipinski definition) is 3. The lowest BCUT2D eigenvalue weighted by Gasteiger charge is -2.14. The minimum atomic E-state index is -0.536. The van der Waals surface area contributed by atoms with Gasteiger partial charge in [0.05, 0.1) is 4.92 Å². The first-order chi connectivity index (χ1) is 8.58. The van der Waals surface area contributed by atoms with Crippen LogP contribution < -0.4 is 16.6 Å². The number of likely N-dealkylation sites (N-methyl/N-ethyl adjacent to an activating group) is 1. The summed E-state index contributed by atoms with van der Waals surface area (Å²) >= 11 is 0. The van der Waals surface area contributed by atoms with Gasteiger partial charge < -0.3 is 10.2 Å². The molecule has 0 aromatic carbocycles. The van der Waals surface area contributed by atoms with Crippen LogP contribution in [0.3, 0.4) is 0 Å². The number of anilines is 2. The average molecular weight is 255 g/mol. The summed E-state index contributed by atoms with van der Waals surface area (Å²) in [5.41, 5.74) is 2.08. The molecule has 0 bridgehead atoms. The van der Waals surface area contributed by atoms with Crippen molar-refractivity contribution in [3.63, 3.8) is 0 Å². The Labute approximate surface area is 105 Å². The number of nitrogens with one attached hydrogen (secondary N) is 2. The third-order valence-electron chi connectivity index (χ3n) is 2.42. The van der Waals surface area contributed by atoms with Gasteiger partial charge >= 0.3 is 5.69 Å². The summed E-state index contributed by atoms with van der Waals surface area (Å²) in [6.07, 6.45) is 1.12. The maximum Gasteiger partial charge on any atom is 0.329 e. The van der Waals surface area contributed by atoms with Gasteiger partial charge in [-0.2, -0.15) is 4.98 Å². The van der Waals surface area contributed by atoms with Crippen LogP contribution in [0.2, 0.25) is 0 Å². The monoisotopic (exact) mass is 255 g/mol. The highest BCUT2D eigenvalue weighted by atomic mass is 16.6. The molecular weight excluding hydrogens is 238 g/mol. The molecule has 0 atom stereocenters. The number of nitrogens with two attached hydrogens (primary N) is 1. The fourth-order valence-corrected chi connectivity index (χ4v) is 1.23. The van der Waals surface area contributed by atoms with Gasteiger partial charge in [-0.1, -0.05) is 6.92 Å². The van der Waals surface area contributed by atoms with E-state index >= 15 is 0 Å². The Bertz CT molecular complexity index is 412. The van der Waals surface area contributed by atoms with E-state index in [-0.39, 0.29) is 17.5 Å². The number of aromatic nitrogens is 2. The van der Waals surface area contributed by atoms with Crippen molar-refractivity contribution in [2.75, 3.05) is 37.4 Å². The first-order valence-electron chi connectivity index (χ1n) is 5.49. The van der Waals surface area contributed by atoms with Crippen LogP contribution in [0.15, 0.2) is 6.20 Å². The Kier molecular flexibility index (Phi) is 5.21. The Morgan fingerprint density at radius 1 is 1.61 bits per heavy atom. The lowest BCUT2D eigenvalue weighted by Crippen LogP contribution is -2.25. The van der Waals surface area contributed by atoms with Crippen LogP contribution in [0, 0.1) is 10.1 Å². The van der Waals surface area contributed by atoms with Crippen LogP contribution in [-0.2, 0) is 0 Å². The SMILES string of the molecule is CCN(C)CCNc1nc(NN)ncc1[N+](=O)[O-]. The van der Waals surface area contributed by atoms with Gasteiger partial charge in [0.25, 0.3) is 0 Å². The molecule has 100 valence electrons. The fraction of sp³-hybridized carbons (Fsp3) is 0.556. The van der Waals surface area contributed by atoms with Gasteiger partial charge in [0.15, 0.2) is 0 Å². The van der Waals surface area contributed by atoms with Gasteiger partial charge in [0.2, 0.25) is 11.8 Å². The molecule has 0 aliphatic heterocycles. The zero-order chi connectivity index (χ0) is 13.5. The van der Waals surface area contributed by atoms with Gasteiger partial charge in [-0.3, -0.25) is 15.5 Å². The second kappa shape index (κ2) is 6.67. The standard InChI is InChI=1S/C9H17N7O2/c1-3-15(2)5-4-11-8-7(16(17)18)6-12-9(13-8)14-10/h6H,3-5,10H2,1-2H3,(H2,11,12,13,14). The van der Waals surface area contributed by atoms with Crippen molar-refractivity contribution >= 4 is 17.5 Å². The molecule has 18 heavy (non-hydrogen) atoms. The van der Waals surface area contributed by atoms with Crippen LogP contribution in [0.4, 0.5) is 17.5 Å². The van der Waals surface area contributed by atoms with E-state index in [1.54, 1.807) is 0 Å². The van der Waals surface area contributed by atoms with E-state index in [0.717, 1.165) is 19.3 Å². The van der Waals surface area contributed by atoms with Gasteiger partial charge in [-0.25, -0.2) is 10.8 Å². The summed E-state index contributed by atoms with van der Waals surface area (Å²) in [6.45, 7) is 4.24. The zero-order valence-corrected chi connectivity index (χ0v) is 10.4. The highest BCUT2D eigenvalue weighted by molar-refractivity contribution is 5.56. The molecule has 0 radical (unpaired) electrons. The van der Waals surface area contributed by atoms with Crippen molar-refractivity contribution in [2.45, 2.75) is 6.92 Å². The molecule has 0 saturated heterocycles. The normalized spacial score (nSPS) is 10.4. The first-order valence-corrected chi connectivity index (χ1v) is 5.49. The predicted octanol–water partition coefficient (Wildman–Crippen LogP) is 0.0340. The minimum absolute atomic E-state index is 0.131. The maximum atomic E-state index is 10.8. The molecule has 1 rings (SSSR count). The van der Waals surface area contributed by atoms with Crippen molar-refractivity contribution in [3.05, 3.63) is 16.3 Å². The number of nitrogens with zero attached hydrogens (tertiary/aromatic N) is 4. The van der Waals surface area contributed by atoms with Crippen molar-refractivity contribution in [2.24, 2.45) is 5.84 Å². The number of nitrogen functional groups attached to an aromatic ring is 1. The van der Waals surface area contributed by atoms with Crippen molar-refractivity contribution in [1.82, 2.24) is 14.9 Å². The predicted molar refractivity (Wildman–Crippen MR) is 68.2 cm³/mol. The van der Waals surface area contributed by atoms with Crippen LogP contribution in [0.5, 0.6) is 0 Å². The Morgan fingerprint density at radius 2 is 2.33 bits per heavy atom. The largest absolute Gasteiger partial charge is 0.363 e. The second-order valence-electron chi connectivity index (χ2n) is 3.65.